The number of carboxylic acid groups (broad SMARTS) is 1. The summed E-state index contributed by atoms with van der Waals surface area (Å²) in [7, 11) is 0. The van der Waals surface area contributed by atoms with Crippen molar-refractivity contribution < 1.29 is 14.6 Å². The van der Waals surface area contributed by atoms with Gasteiger partial charge in [0.1, 0.15) is 17.4 Å². The normalized spacial score (nSPS) is 25.7. The van der Waals surface area contributed by atoms with Gasteiger partial charge >= 0.3 is 5.97 Å². The van der Waals surface area contributed by atoms with Crippen molar-refractivity contribution in [3.05, 3.63) is 34.9 Å². The van der Waals surface area contributed by atoms with E-state index in [-0.39, 0.29) is 5.60 Å². The number of aryl methyl sites for hydroxylation is 2. The molecule has 3 rings (SSSR count). The molecule has 2 aliphatic heterocycles. The van der Waals surface area contributed by atoms with Crippen LogP contribution < -0.4 is 4.74 Å². The van der Waals surface area contributed by atoms with Gasteiger partial charge in [-0.1, -0.05) is 6.08 Å². The average molecular weight is 287 g/mol. The van der Waals surface area contributed by atoms with Crippen molar-refractivity contribution in [2.24, 2.45) is 0 Å². The number of hydrogen-bond acceptors (Lipinski definition) is 3. The van der Waals surface area contributed by atoms with E-state index in [4.69, 9.17) is 9.84 Å². The first-order valence-corrected chi connectivity index (χ1v) is 7.37. The standard InChI is InChI=1S/C17H21NO3/c1-11-8-14-4-5-17(21-15(14)9-12(11)2)6-7-18(10-17)13(3)16(19)20/h4-5,8-9,13H,6-7,10H2,1-3H3,(H,19,20). The van der Waals surface area contributed by atoms with E-state index >= 15 is 0 Å². The third-order valence-corrected chi connectivity index (χ3v) is 4.70. The van der Waals surface area contributed by atoms with Crippen LogP contribution in [-0.4, -0.2) is 40.7 Å². The first-order valence-electron chi connectivity index (χ1n) is 7.37. The summed E-state index contributed by atoms with van der Waals surface area (Å²) in [6.45, 7) is 7.29. The van der Waals surface area contributed by atoms with Gasteiger partial charge in [0, 0.05) is 25.1 Å². The summed E-state index contributed by atoms with van der Waals surface area (Å²) in [6.07, 6.45) is 5.03. The van der Waals surface area contributed by atoms with Crippen LogP contribution in [0.5, 0.6) is 5.75 Å². The number of benzene rings is 1. The van der Waals surface area contributed by atoms with Gasteiger partial charge in [-0.3, -0.25) is 9.69 Å². The number of aliphatic carboxylic acids is 1. The van der Waals surface area contributed by atoms with Gasteiger partial charge in [0.25, 0.3) is 0 Å². The number of fused-ring (bicyclic) bond motifs is 1. The van der Waals surface area contributed by atoms with Gasteiger partial charge in [-0.15, -0.1) is 0 Å². The molecule has 112 valence electrons. The summed E-state index contributed by atoms with van der Waals surface area (Å²) >= 11 is 0. The SMILES string of the molecule is Cc1cc2c(cc1C)OC1(C=C2)CCN(C(C)C(=O)O)C1. The molecule has 0 saturated carbocycles. The van der Waals surface area contributed by atoms with E-state index < -0.39 is 12.0 Å². The molecule has 0 radical (unpaired) electrons. The molecule has 4 heteroatoms. The smallest absolute Gasteiger partial charge is 0.320 e. The van der Waals surface area contributed by atoms with Gasteiger partial charge < -0.3 is 9.84 Å². The lowest BCUT2D eigenvalue weighted by Crippen LogP contribution is -2.43. The molecule has 1 spiro atoms. The molecule has 0 aliphatic carbocycles. The van der Waals surface area contributed by atoms with Crippen molar-refractivity contribution in [1.29, 1.82) is 0 Å². The molecule has 0 bridgehead atoms. The van der Waals surface area contributed by atoms with E-state index in [1.807, 2.05) is 4.90 Å². The first kappa shape index (κ1) is 14.1. The van der Waals surface area contributed by atoms with Crippen LogP contribution in [0.4, 0.5) is 0 Å². The summed E-state index contributed by atoms with van der Waals surface area (Å²) < 4.78 is 6.25. The molecule has 4 nitrogen and oxygen atoms in total. The molecule has 0 amide bonds. The van der Waals surface area contributed by atoms with Crippen molar-refractivity contribution in [2.45, 2.75) is 38.8 Å². The van der Waals surface area contributed by atoms with E-state index in [2.05, 4.69) is 38.1 Å². The highest BCUT2D eigenvalue weighted by atomic mass is 16.5. The second kappa shape index (κ2) is 4.88. The minimum Gasteiger partial charge on any atom is -0.481 e. The lowest BCUT2D eigenvalue weighted by Gasteiger charge is -2.32. The molecular formula is C17H21NO3. The topological polar surface area (TPSA) is 49.8 Å². The maximum Gasteiger partial charge on any atom is 0.320 e. The van der Waals surface area contributed by atoms with Gasteiger partial charge in [-0.25, -0.2) is 0 Å². The van der Waals surface area contributed by atoms with Crippen LogP contribution in [0.3, 0.4) is 0 Å². The molecule has 2 unspecified atom stereocenters. The molecule has 1 saturated heterocycles. The molecule has 2 heterocycles. The van der Waals surface area contributed by atoms with Crippen LogP contribution in [0.1, 0.15) is 30.0 Å². The minimum absolute atomic E-state index is 0.377. The Morgan fingerprint density at radius 3 is 2.81 bits per heavy atom. The Balaban J connectivity index is 1.84. The summed E-state index contributed by atoms with van der Waals surface area (Å²) in [4.78, 5) is 13.1. The Kier molecular flexibility index (Phi) is 3.29. The van der Waals surface area contributed by atoms with Gasteiger partial charge in [0.15, 0.2) is 0 Å². The van der Waals surface area contributed by atoms with Crippen molar-refractivity contribution in [1.82, 2.24) is 4.90 Å². The number of carbonyl (C=O) groups is 1. The van der Waals surface area contributed by atoms with Crippen LogP contribution in [0.25, 0.3) is 6.08 Å². The summed E-state index contributed by atoms with van der Waals surface area (Å²) in [5.41, 5.74) is 3.20. The summed E-state index contributed by atoms with van der Waals surface area (Å²) in [5, 5.41) is 9.15. The predicted octanol–water partition coefficient (Wildman–Crippen LogP) is 2.63. The van der Waals surface area contributed by atoms with E-state index in [9.17, 15) is 4.79 Å². The van der Waals surface area contributed by atoms with Crippen LogP contribution >= 0.6 is 0 Å². The third-order valence-electron chi connectivity index (χ3n) is 4.70. The fourth-order valence-corrected chi connectivity index (χ4v) is 3.07. The first-order chi connectivity index (χ1) is 9.90. The number of carboxylic acids is 1. The van der Waals surface area contributed by atoms with E-state index in [0.29, 0.717) is 6.54 Å². The quantitative estimate of drug-likeness (QED) is 0.908. The Morgan fingerprint density at radius 2 is 2.10 bits per heavy atom. The Hall–Kier alpha value is -1.81. The van der Waals surface area contributed by atoms with Crippen molar-refractivity contribution in [2.75, 3.05) is 13.1 Å². The van der Waals surface area contributed by atoms with Gasteiger partial charge in [0.2, 0.25) is 0 Å². The zero-order valence-corrected chi connectivity index (χ0v) is 12.7. The molecule has 1 fully saturated rings. The maximum absolute atomic E-state index is 11.1. The van der Waals surface area contributed by atoms with Crippen LogP contribution in [0.2, 0.25) is 0 Å². The van der Waals surface area contributed by atoms with Crippen LogP contribution in [0, 0.1) is 13.8 Å². The summed E-state index contributed by atoms with van der Waals surface area (Å²) in [6, 6.07) is 3.75. The fourth-order valence-electron chi connectivity index (χ4n) is 3.07. The van der Waals surface area contributed by atoms with E-state index in [1.54, 1.807) is 6.92 Å². The third kappa shape index (κ3) is 2.44. The van der Waals surface area contributed by atoms with Gasteiger partial charge in [-0.2, -0.15) is 0 Å². The van der Waals surface area contributed by atoms with Crippen LogP contribution in [0.15, 0.2) is 18.2 Å². The van der Waals surface area contributed by atoms with Crippen LogP contribution in [-0.2, 0) is 4.79 Å². The molecule has 2 atom stereocenters. The highest BCUT2D eigenvalue weighted by Gasteiger charge is 2.42. The molecule has 2 aliphatic rings. The van der Waals surface area contributed by atoms with E-state index in [0.717, 1.165) is 24.3 Å². The number of likely N-dealkylation sites (tertiary alicyclic amines) is 1. The number of hydrogen-bond donors (Lipinski definition) is 1. The molecular weight excluding hydrogens is 266 g/mol. The Bertz CT molecular complexity index is 623. The number of rotatable bonds is 2. The lowest BCUT2D eigenvalue weighted by atomic mass is 9.95. The Labute approximate surface area is 125 Å². The zero-order valence-electron chi connectivity index (χ0n) is 12.7. The van der Waals surface area contributed by atoms with Gasteiger partial charge in [0.05, 0.1) is 0 Å². The van der Waals surface area contributed by atoms with Crippen molar-refractivity contribution >= 4 is 12.0 Å². The fraction of sp³-hybridized carbons (Fsp3) is 0.471. The van der Waals surface area contributed by atoms with Crippen molar-refractivity contribution in [3.63, 3.8) is 0 Å². The average Bonchev–Trinajstić information content (AvgIpc) is 2.83. The minimum atomic E-state index is -0.779. The second-order valence-electron chi connectivity index (χ2n) is 6.21. The highest BCUT2D eigenvalue weighted by molar-refractivity contribution is 5.73. The lowest BCUT2D eigenvalue weighted by molar-refractivity contribution is -0.142. The zero-order chi connectivity index (χ0) is 15.2. The van der Waals surface area contributed by atoms with Crippen molar-refractivity contribution in [3.8, 4) is 5.75 Å². The molecule has 1 N–H and O–H groups in total. The van der Waals surface area contributed by atoms with E-state index in [1.165, 1.54) is 11.1 Å². The monoisotopic (exact) mass is 287 g/mol. The molecule has 1 aromatic carbocycles. The molecule has 1 aromatic rings. The molecule has 0 aromatic heterocycles. The maximum atomic E-state index is 11.1. The molecule has 21 heavy (non-hydrogen) atoms. The Morgan fingerprint density at radius 1 is 1.38 bits per heavy atom. The number of nitrogens with zero attached hydrogens (tertiary/aromatic N) is 1. The van der Waals surface area contributed by atoms with Gasteiger partial charge in [-0.05, 0) is 50.1 Å². The number of ether oxygens (including phenoxy) is 1. The summed E-state index contributed by atoms with van der Waals surface area (Å²) in [5.74, 6) is 0.129. The second-order valence-corrected chi connectivity index (χ2v) is 6.21. The highest BCUT2D eigenvalue weighted by Crippen LogP contribution is 2.38. The predicted molar refractivity (Wildman–Crippen MR) is 81.6 cm³/mol. The largest absolute Gasteiger partial charge is 0.481 e.